The van der Waals surface area contributed by atoms with Crippen LogP contribution < -0.4 is 36.7 Å². The summed E-state index contributed by atoms with van der Waals surface area (Å²) in [5.41, 5.74) is 18.9. The molecular formula is C115H112O8Si4. The summed E-state index contributed by atoms with van der Waals surface area (Å²) in [5, 5.41) is 0. The fourth-order valence-electron chi connectivity index (χ4n) is 18.8. The quantitative estimate of drug-likeness (QED) is 0.0351. The van der Waals surface area contributed by atoms with Gasteiger partial charge in [-0.1, -0.05) is 388 Å². The Kier molecular flexibility index (Phi) is 29.3. The molecule has 16 aromatic carbocycles. The molecule has 0 radical (unpaired) electrons. The molecule has 16 rings (SSSR count). The van der Waals surface area contributed by atoms with Crippen molar-refractivity contribution >= 4 is 33.3 Å². The van der Waals surface area contributed by atoms with E-state index in [1.54, 1.807) is 28.4 Å². The number of hydrogen-bond donors (Lipinski definition) is 0. The Morgan fingerprint density at radius 3 is 0.402 bits per heavy atom. The number of hydrogen-bond acceptors (Lipinski definition) is 8. The van der Waals surface area contributed by atoms with Crippen LogP contribution >= 0.6 is 0 Å². The summed E-state index contributed by atoms with van der Waals surface area (Å²) in [6, 6.07) is 166. The average molecular weight is 1730 g/mol. The zero-order chi connectivity index (χ0) is 86.8. The summed E-state index contributed by atoms with van der Waals surface area (Å²) in [6.07, 6.45) is 0.520. The minimum atomic E-state index is -2.97. The summed E-state index contributed by atoms with van der Waals surface area (Å²) in [4.78, 5) is 0. The van der Waals surface area contributed by atoms with E-state index < -0.39 is 33.3 Å². The Labute approximate surface area is 755 Å². The van der Waals surface area contributed by atoms with Crippen LogP contribution in [0.25, 0.3) is 0 Å². The average Bonchev–Trinajstić information content (AvgIpc) is 0.768. The van der Waals surface area contributed by atoms with E-state index in [0.29, 0.717) is 52.4 Å². The second-order valence-corrected chi connectivity index (χ2v) is 48.6. The van der Waals surface area contributed by atoms with Gasteiger partial charge in [-0.3, -0.25) is 0 Å². The molecule has 12 heteroatoms. The topological polar surface area (TPSA) is 73.8 Å². The molecule has 0 saturated heterocycles. The Bertz CT molecular complexity index is 4910. The molecule has 0 saturated carbocycles. The molecule has 636 valence electrons. The number of methoxy groups -OCH3 is 4. The third kappa shape index (κ3) is 23.5. The lowest BCUT2D eigenvalue weighted by atomic mass is 9.78. The first-order valence-electron chi connectivity index (χ1n) is 44.4. The molecule has 0 aromatic heterocycles. The van der Waals surface area contributed by atoms with Crippen molar-refractivity contribution in [2.75, 3.05) is 28.4 Å². The van der Waals surface area contributed by atoms with Gasteiger partial charge in [-0.05, 0) is 144 Å². The monoisotopic (exact) mass is 1730 g/mol. The summed E-state index contributed by atoms with van der Waals surface area (Å²) in [7, 11) is -4.74. The standard InChI is InChI=1S/C115H112O8Si4/c1-116-112-73-102(65-69-108(112)120-124(78-90-41-17-5-18-42-90,79-91-43-19-6-20-44-91)80-92-45-21-7-22-46-92)106(103-66-70-109(113(74-103)117-2)121-125(81-93-47-23-8-24-48-93,82-94-49-25-9-26-50-94)83-95-51-27-10-28-52-95)77-107(104-67-71-110(114(75-104)118-3)122-126(84-96-53-29-11-30-54-96,85-97-55-31-12-32-56-97)86-98-57-33-13-34-58-98)105-68-72-111(115(76-105)119-4)123-127(87-99-59-35-14-36-60-99,88-100-61-37-15-38-62-100)89-101-63-39-16-40-64-101/h5-76,106-107H,77-89H2,1-4H3. The lowest BCUT2D eigenvalue weighted by Crippen LogP contribution is -2.50. The fourth-order valence-corrected chi connectivity index (χ4v) is 35.5. The second-order valence-electron chi connectivity index (χ2n) is 34.1. The van der Waals surface area contributed by atoms with E-state index in [9.17, 15) is 0 Å². The predicted octanol–water partition coefficient (Wildman–Crippen LogP) is 25.8. The van der Waals surface area contributed by atoms with Crippen molar-refractivity contribution in [1.82, 2.24) is 0 Å². The zero-order valence-electron chi connectivity index (χ0n) is 73.2. The van der Waals surface area contributed by atoms with Gasteiger partial charge in [-0.2, -0.15) is 0 Å². The minimum Gasteiger partial charge on any atom is -0.540 e. The van der Waals surface area contributed by atoms with Gasteiger partial charge in [0.15, 0.2) is 23.0 Å². The van der Waals surface area contributed by atoms with Gasteiger partial charge >= 0.3 is 0 Å². The SMILES string of the molecule is COc1cc(C(CC(c2ccc(O[Si](Cc3ccccc3)(Cc3ccccc3)Cc3ccccc3)c(OC)c2)c2ccc(O[Si](Cc3ccccc3)(Cc3ccccc3)Cc3ccccc3)c(OC)c2)c2ccc(O[Si](Cc3ccccc3)(Cc3ccccc3)Cc3ccccc3)c(OC)c2)ccc1O[Si](Cc1ccccc1)(Cc1ccccc1)Cc1ccccc1. The molecule has 0 unspecified atom stereocenters. The second kappa shape index (κ2) is 42.7. The minimum absolute atomic E-state index is 0.370. The Morgan fingerprint density at radius 2 is 0.283 bits per heavy atom. The molecule has 0 atom stereocenters. The Hall–Kier alpha value is -13.2. The van der Waals surface area contributed by atoms with E-state index in [2.05, 4.69) is 437 Å². The first-order valence-corrected chi connectivity index (χ1v) is 54.5. The maximum atomic E-state index is 8.00. The van der Waals surface area contributed by atoms with E-state index in [1.165, 1.54) is 66.8 Å². The fraction of sp³-hybridized carbons (Fsp3) is 0.165. The van der Waals surface area contributed by atoms with Crippen LogP contribution in [0, 0.1) is 0 Å². The van der Waals surface area contributed by atoms with Crippen molar-refractivity contribution in [2.45, 2.75) is 90.8 Å². The maximum Gasteiger partial charge on any atom is 0.264 e. The third-order valence-corrected chi connectivity index (χ3v) is 39.8. The summed E-state index contributed by atoms with van der Waals surface area (Å²) < 4.78 is 59.2. The number of ether oxygens (including phenoxy) is 4. The molecule has 0 aliphatic carbocycles. The third-order valence-electron chi connectivity index (χ3n) is 24.6. The van der Waals surface area contributed by atoms with E-state index >= 15 is 0 Å². The van der Waals surface area contributed by atoms with Crippen molar-refractivity contribution in [3.63, 3.8) is 0 Å². The molecule has 0 heterocycles. The number of benzene rings is 16. The molecule has 0 N–H and O–H groups in total. The van der Waals surface area contributed by atoms with Gasteiger partial charge < -0.3 is 36.7 Å². The van der Waals surface area contributed by atoms with Crippen molar-refractivity contribution in [2.24, 2.45) is 0 Å². The van der Waals surface area contributed by atoms with Crippen molar-refractivity contribution in [1.29, 1.82) is 0 Å². The highest BCUT2D eigenvalue weighted by Gasteiger charge is 2.44. The molecule has 127 heavy (non-hydrogen) atoms. The molecule has 16 aromatic rings. The van der Waals surface area contributed by atoms with Gasteiger partial charge in [-0.25, -0.2) is 0 Å². The normalized spacial score (nSPS) is 11.7. The van der Waals surface area contributed by atoms with Gasteiger partial charge in [0.05, 0.1) is 28.4 Å². The molecule has 0 spiro atoms. The number of rotatable bonds is 42. The van der Waals surface area contributed by atoms with Crippen LogP contribution in [0.1, 0.15) is 107 Å². The summed E-state index contributed by atoms with van der Waals surface area (Å²) in [6.45, 7) is 0. The molecule has 0 aliphatic heterocycles. The summed E-state index contributed by atoms with van der Waals surface area (Å²) in [5.74, 6) is 4.64. The first-order chi connectivity index (χ1) is 62.5. The molecule has 0 fully saturated rings. The van der Waals surface area contributed by atoms with Gasteiger partial charge in [-0.15, -0.1) is 0 Å². The van der Waals surface area contributed by atoms with Gasteiger partial charge in [0, 0.05) is 84.4 Å². The smallest absolute Gasteiger partial charge is 0.264 e. The molecule has 0 aliphatic rings. The Balaban J connectivity index is 0.884. The van der Waals surface area contributed by atoms with Crippen LogP contribution in [-0.4, -0.2) is 61.7 Å². The first kappa shape index (κ1) is 87.3. The van der Waals surface area contributed by atoms with Crippen LogP contribution in [0.15, 0.2) is 437 Å². The van der Waals surface area contributed by atoms with Crippen LogP contribution in [0.3, 0.4) is 0 Å². The maximum absolute atomic E-state index is 8.00. The highest BCUT2D eigenvalue weighted by molar-refractivity contribution is 6.74. The molecular weight excluding hydrogens is 1620 g/mol. The largest absolute Gasteiger partial charge is 0.540 e. The molecule has 8 nitrogen and oxygen atoms in total. The lowest BCUT2D eigenvalue weighted by molar-refractivity contribution is 0.385. The van der Waals surface area contributed by atoms with Gasteiger partial charge in [0.2, 0.25) is 0 Å². The van der Waals surface area contributed by atoms with E-state index in [-0.39, 0.29) is 11.8 Å². The lowest BCUT2D eigenvalue weighted by Gasteiger charge is -2.35. The predicted molar refractivity (Wildman–Crippen MR) is 528 cm³/mol. The highest BCUT2D eigenvalue weighted by atomic mass is 28.4. The van der Waals surface area contributed by atoms with E-state index in [0.717, 1.165) is 94.8 Å². The van der Waals surface area contributed by atoms with Crippen LogP contribution in [0.2, 0.25) is 0 Å². The summed E-state index contributed by atoms with van der Waals surface area (Å²) >= 11 is 0. The van der Waals surface area contributed by atoms with Crippen molar-refractivity contribution in [3.05, 3.63) is 526 Å². The van der Waals surface area contributed by atoms with E-state index in [4.69, 9.17) is 36.7 Å². The highest BCUT2D eigenvalue weighted by Crippen LogP contribution is 2.49. The molecule has 0 bridgehead atoms. The van der Waals surface area contributed by atoms with Crippen LogP contribution in [0.4, 0.5) is 0 Å². The van der Waals surface area contributed by atoms with Crippen molar-refractivity contribution < 1.29 is 36.7 Å². The molecule has 0 amide bonds. The Morgan fingerprint density at radius 1 is 0.157 bits per heavy atom. The van der Waals surface area contributed by atoms with E-state index in [1.807, 2.05) is 0 Å². The van der Waals surface area contributed by atoms with Crippen LogP contribution in [-0.2, 0) is 72.5 Å². The van der Waals surface area contributed by atoms with Crippen molar-refractivity contribution in [3.8, 4) is 46.0 Å². The van der Waals surface area contributed by atoms with Crippen LogP contribution in [0.5, 0.6) is 46.0 Å². The van der Waals surface area contributed by atoms with Gasteiger partial charge in [0.1, 0.15) is 23.0 Å². The zero-order valence-corrected chi connectivity index (χ0v) is 77.2. The van der Waals surface area contributed by atoms with Gasteiger partial charge in [0.25, 0.3) is 33.3 Å².